The number of piperazine rings is 1. The Hall–Kier alpha value is -1.35. The van der Waals surface area contributed by atoms with Crippen molar-refractivity contribution >= 4 is 5.91 Å². The van der Waals surface area contributed by atoms with E-state index in [0.717, 1.165) is 43.7 Å². The van der Waals surface area contributed by atoms with Crippen molar-refractivity contribution in [1.82, 2.24) is 4.90 Å². The highest BCUT2D eigenvalue weighted by Crippen LogP contribution is 2.22. The molecule has 1 saturated carbocycles. The number of quaternary nitrogens is 1. The summed E-state index contributed by atoms with van der Waals surface area (Å²) in [5, 5.41) is 0. The van der Waals surface area contributed by atoms with Gasteiger partial charge < -0.3 is 9.80 Å². The fourth-order valence-electron chi connectivity index (χ4n) is 3.97. The first-order chi connectivity index (χ1) is 10.2. The minimum atomic E-state index is 0.201. The Bertz CT molecular complexity index is 465. The number of hydrogen-bond donors (Lipinski definition) is 1. The zero-order chi connectivity index (χ0) is 14.7. The zero-order valence-electron chi connectivity index (χ0n) is 13.1. The van der Waals surface area contributed by atoms with Gasteiger partial charge in [0.1, 0.15) is 0 Å². The van der Waals surface area contributed by atoms with Crippen molar-refractivity contribution in [1.29, 1.82) is 0 Å². The van der Waals surface area contributed by atoms with Crippen LogP contribution in [-0.2, 0) is 0 Å². The maximum Gasteiger partial charge on any atom is 0.254 e. The van der Waals surface area contributed by atoms with E-state index in [-0.39, 0.29) is 5.91 Å². The number of carbonyl (C=O) groups is 1. The van der Waals surface area contributed by atoms with Gasteiger partial charge in [0.25, 0.3) is 5.91 Å². The summed E-state index contributed by atoms with van der Waals surface area (Å²) in [5.41, 5.74) is 0.826. The monoisotopic (exact) mass is 287 g/mol. The SMILES string of the molecule is C[C@@H]1CCC[C@@H]([NH+]2CCN(C(=O)c3ccccc3)CC2)C1. The van der Waals surface area contributed by atoms with Gasteiger partial charge in [-0.2, -0.15) is 0 Å². The molecule has 0 bridgehead atoms. The molecule has 1 amide bonds. The summed E-state index contributed by atoms with van der Waals surface area (Å²) in [6, 6.07) is 10.5. The van der Waals surface area contributed by atoms with Crippen LogP contribution in [0.4, 0.5) is 0 Å². The molecule has 1 N–H and O–H groups in total. The Labute approximate surface area is 127 Å². The third kappa shape index (κ3) is 3.46. The summed E-state index contributed by atoms with van der Waals surface area (Å²) < 4.78 is 0. The average Bonchev–Trinajstić information content (AvgIpc) is 2.55. The number of amides is 1. The number of rotatable bonds is 2. The minimum Gasteiger partial charge on any atom is -0.330 e. The molecule has 1 saturated heterocycles. The molecular weight excluding hydrogens is 260 g/mol. The van der Waals surface area contributed by atoms with Crippen LogP contribution in [0, 0.1) is 5.92 Å². The van der Waals surface area contributed by atoms with Crippen LogP contribution in [0.3, 0.4) is 0 Å². The quantitative estimate of drug-likeness (QED) is 0.878. The average molecular weight is 287 g/mol. The lowest BCUT2D eigenvalue weighted by Gasteiger charge is -2.39. The van der Waals surface area contributed by atoms with Crippen LogP contribution in [0.1, 0.15) is 43.0 Å². The highest BCUT2D eigenvalue weighted by molar-refractivity contribution is 5.94. The first kappa shape index (κ1) is 14.6. The summed E-state index contributed by atoms with van der Waals surface area (Å²) >= 11 is 0. The van der Waals surface area contributed by atoms with Gasteiger partial charge in [0.05, 0.1) is 32.2 Å². The molecule has 0 aromatic heterocycles. The Kier molecular flexibility index (Phi) is 4.59. The molecule has 1 aromatic carbocycles. The molecule has 1 heterocycles. The van der Waals surface area contributed by atoms with E-state index in [1.165, 1.54) is 25.7 Å². The Balaban J connectivity index is 1.54. The largest absolute Gasteiger partial charge is 0.330 e. The molecule has 0 unspecified atom stereocenters. The second kappa shape index (κ2) is 6.61. The van der Waals surface area contributed by atoms with Crippen molar-refractivity contribution in [3.8, 4) is 0 Å². The summed E-state index contributed by atoms with van der Waals surface area (Å²) in [6.07, 6.45) is 5.55. The number of benzene rings is 1. The lowest BCUT2D eigenvalue weighted by Crippen LogP contribution is -3.18. The number of carbonyl (C=O) groups excluding carboxylic acids is 1. The first-order valence-corrected chi connectivity index (χ1v) is 8.43. The van der Waals surface area contributed by atoms with E-state index in [0.29, 0.717) is 0 Å². The topological polar surface area (TPSA) is 24.8 Å². The molecule has 1 aliphatic carbocycles. The number of hydrogen-bond acceptors (Lipinski definition) is 1. The molecule has 0 radical (unpaired) electrons. The smallest absolute Gasteiger partial charge is 0.254 e. The van der Waals surface area contributed by atoms with Crippen LogP contribution >= 0.6 is 0 Å². The molecule has 114 valence electrons. The van der Waals surface area contributed by atoms with E-state index in [4.69, 9.17) is 0 Å². The number of nitrogens with zero attached hydrogens (tertiary/aromatic N) is 1. The lowest BCUT2D eigenvalue weighted by molar-refractivity contribution is -0.930. The lowest BCUT2D eigenvalue weighted by atomic mass is 9.86. The standard InChI is InChI=1S/C18H26N2O/c1-15-6-5-9-17(14-15)19-10-12-20(13-11-19)18(21)16-7-3-2-4-8-16/h2-4,7-8,15,17H,5-6,9-14H2,1H3/p+1/t15-,17-/m1/s1. The molecule has 3 nitrogen and oxygen atoms in total. The van der Waals surface area contributed by atoms with Crippen LogP contribution in [-0.4, -0.2) is 43.0 Å². The Morgan fingerprint density at radius 1 is 1.14 bits per heavy atom. The molecule has 2 atom stereocenters. The molecule has 3 heteroatoms. The summed E-state index contributed by atoms with van der Waals surface area (Å²) in [6.45, 7) is 6.45. The first-order valence-electron chi connectivity index (χ1n) is 8.43. The van der Waals surface area contributed by atoms with Gasteiger partial charge in [-0.15, -0.1) is 0 Å². The molecule has 0 spiro atoms. The summed E-state index contributed by atoms with van der Waals surface area (Å²) in [5.74, 6) is 1.09. The van der Waals surface area contributed by atoms with E-state index in [1.807, 2.05) is 35.2 Å². The summed E-state index contributed by atoms with van der Waals surface area (Å²) in [4.78, 5) is 16.2. The van der Waals surface area contributed by atoms with E-state index in [9.17, 15) is 4.79 Å². The highest BCUT2D eigenvalue weighted by Gasteiger charge is 2.32. The van der Waals surface area contributed by atoms with Crippen molar-refractivity contribution in [2.24, 2.45) is 5.92 Å². The fourth-order valence-corrected chi connectivity index (χ4v) is 3.97. The van der Waals surface area contributed by atoms with Crippen LogP contribution in [0.15, 0.2) is 30.3 Å². The second-order valence-electron chi connectivity index (χ2n) is 6.79. The van der Waals surface area contributed by atoms with Gasteiger partial charge in [-0.3, -0.25) is 4.79 Å². The van der Waals surface area contributed by atoms with E-state index >= 15 is 0 Å². The van der Waals surface area contributed by atoms with Crippen molar-refractivity contribution < 1.29 is 9.69 Å². The Morgan fingerprint density at radius 2 is 1.86 bits per heavy atom. The third-order valence-corrected chi connectivity index (χ3v) is 5.23. The van der Waals surface area contributed by atoms with Gasteiger partial charge in [0.15, 0.2) is 0 Å². The predicted octanol–water partition coefficient (Wildman–Crippen LogP) is 1.61. The van der Waals surface area contributed by atoms with Gasteiger partial charge in [0, 0.05) is 12.0 Å². The van der Waals surface area contributed by atoms with Crippen LogP contribution in [0.5, 0.6) is 0 Å². The van der Waals surface area contributed by atoms with E-state index < -0.39 is 0 Å². The van der Waals surface area contributed by atoms with Gasteiger partial charge >= 0.3 is 0 Å². The van der Waals surface area contributed by atoms with Crippen LogP contribution in [0.25, 0.3) is 0 Å². The maximum absolute atomic E-state index is 12.5. The highest BCUT2D eigenvalue weighted by atomic mass is 16.2. The van der Waals surface area contributed by atoms with Crippen molar-refractivity contribution in [3.05, 3.63) is 35.9 Å². The number of nitrogens with one attached hydrogen (secondary N) is 1. The molecule has 2 aliphatic rings. The Morgan fingerprint density at radius 3 is 2.52 bits per heavy atom. The van der Waals surface area contributed by atoms with E-state index in [2.05, 4.69) is 6.92 Å². The molecule has 21 heavy (non-hydrogen) atoms. The second-order valence-corrected chi connectivity index (χ2v) is 6.79. The van der Waals surface area contributed by atoms with Crippen molar-refractivity contribution in [2.45, 2.75) is 38.6 Å². The van der Waals surface area contributed by atoms with Crippen molar-refractivity contribution in [3.63, 3.8) is 0 Å². The zero-order valence-corrected chi connectivity index (χ0v) is 13.1. The fraction of sp³-hybridized carbons (Fsp3) is 0.611. The molecule has 2 fully saturated rings. The van der Waals surface area contributed by atoms with Gasteiger partial charge in [-0.1, -0.05) is 31.5 Å². The van der Waals surface area contributed by atoms with E-state index in [1.54, 1.807) is 4.90 Å². The predicted molar refractivity (Wildman–Crippen MR) is 84.5 cm³/mol. The maximum atomic E-state index is 12.5. The molecule has 1 aliphatic heterocycles. The molecular formula is C18H27N2O+. The molecule has 1 aromatic rings. The van der Waals surface area contributed by atoms with Gasteiger partial charge in [0.2, 0.25) is 0 Å². The van der Waals surface area contributed by atoms with Gasteiger partial charge in [-0.05, 0) is 30.9 Å². The van der Waals surface area contributed by atoms with Crippen molar-refractivity contribution in [2.75, 3.05) is 26.2 Å². The van der Waals surface area contributed by atoms with Gasteiger partial charge in [-0.25, -0.2) is 0 Å². The molecule has 3 rings (SSSR count). The normalized spacial score (nSPS) is 27.6. The minimum absolute atomic E-state index is 0.201. The van der Waals surface area contributed by atoms with Crippen LogP contribution in [0.2, 0.25) is 0 Å². The third-order valence-electron chi connectivity index (χ3n) is 5.23. The summed E-state index contributed by atoms with van der Waals surface area (Å²) in [7, 11) is 0. The van der Waals surface area contributed by atoms with Crippen LogP contribution < -0.4 is 4.90 Å².